The van der Waals surface area contributed by atoms with Gasteiger partial charge in [0.2, 0.25) is 0 Å². The van der Waals surface area contributed by atoms with Crippen LogP contribution in [0.2, 0.25) is 0 Å². The van der Waals surface area contributed by atoms with Crippen LogP contribution < -0.4 is 4.90 Å². The predicted molar refractivity (Wildman–Crippen MR) is 89.5 cm³/mol. The van der Waals surface area contributed by atoms with Gasteiger partial charge in [-0.2, -0.15) is 10.1 Å². The Balaban J connectivity index is 2.07. The van der Waals surface area contributed by atoms with Crippen molar-refractivity contribution < 1.29 is 4.79 Å². The normalized spacial score (nSPS) is 15.4. The second-order valence-corrected chi connectivity index (χ2v) is 5.88. The summed E-state index contributed by atoms with van der Waals surface area (Å²) in [4.78, 5) is 13.8. The van der Waals surface area contributed by atoms with Gasteiger partial charge in [-0.15, -0.1) is 0 Å². The zero-order valence-electron chi connectivity index (χ0n) is 11.6. The molecule has 1 saturated heterocycles. The number of nitrogens with zero attached hydrogens (tertiary/aromatic N) is 3. The molecule has 1 aromatic carbocycles. The van der Waals surface area contributed by atoms with E-state index in [0.717, 1.165) is 18.7 Å². The third kappa shape index (κ3) is 3.37. The number of carbonyl (C=O) groups excluding carboxylic acids is 1. The van der Waals surface area contributed by atoms with Gasteiger partial charge in [-0.3, -0.25) is 4.79 Å². The van der Waals surface area contributed by atoms with Gasteiger partial charge in [0.25, 0.3) is 5.91 Å². The molecule has 1 amide bonds. The van der Waals surface area contributed by atoms with Gasteiger partial charge in [-0.05, 0) is 31.5 Å². The molecule has 1 aromatic rings. The number of thiocarbonyl (C=S) groups is 1. The highest BCUT2D eigenvalue weighted by molar-refractivity contribution is 8.23. The number of hydrazone groups is 1. The fourth-order valence-electron chi connectivity index (χ4n) is 1.94. The summed E-state index contributed by atoms with van der Waals surface area (Å²) in [6.45, 7) is 6.24. The molecule has 0 spiro atoms. The van der Waals surface area contributed by atoms with Gasteiger partial charge in [0.15, 0.2) is 4.32 Å². The number of amides is 1. The molecule has 1 aliphatic rings. The zero-order chi connectivity index (χ0) is 14.5. The number of carbonyl (C=O) groups is 1. The Morgan fingerprint density at radius 1 is 1.35 bits per heavy atom. The van der Waals surface area contributed by atoms with Crippen molar-refractivity contribution in [3.05, 3.63) is 29.8 Å². The second-order valence-electron chi connectivity index (χ2n) is 4.27. The van der Waals surface area contributed by atoms with Crippen LogP contribution in [0.25, 0.3) is 0 Å². The van der Waals surface area contributed by atoms with Crippen molar-refractivity contribution in [3.63, 3.8) is 0 Å². The summed E-state index contributed by atoms with van der Waals surface area (Å²) < 4.78 is 0.519. The van der Waals surface area contributed by atoms with Gasteiger partial charge in [-0.1, -0.05) is 36.1 Å². The Kier molecular flexibility index (Phi) is 5.14. The number of benzene rings is 1. The molecule has 0 saturated carbocycles. The molecular formula is C14H17N3OS2. The maximum absolute atomic E-state index is 11.5. The van der Waals surface area contributed by atoms with Crippen LogP contribution in [-0.2, 0) is 4.79 Å². The molecule has 1 heterocycles. The van der Waals surface area contributed by atoms with Crippen molar-refractivity contribution in [3.8, 4) is 0 Å². The van der Waals surface area contributed by atoms with Crippen LogP contribution in [0.4, 0.5) is 5.69 Å². The van der Waals surface area contributed by atoms with E-state index in [9.17, 15) is 4.79 Å². The Hall–Kier alpha value is -1.40. The van der Waals surface area contributed by atoms with E-state index in [1.54, 1.807) is 6.21 Å². The lowest BCUT2D eigenvalue weighted by Crippen LogP contribution is -2.22. The van der Waals surface area contributed by atoms with Crippen LogP contribution in [0.3, 0.4) is 0 Å². The minimum Gasteiger partial charge on any atom is -0.372 e. The van der Waals surface area contributed by atoms with Crippen molar-refractivity contribution in [2.45, 2.75) is 13.8 Å². The highest BCUT2D eigenvalue weighted by atomic mass is 32.2. The maximum atomic E-state index is 11.5. The van der Waals surface area contributed by atoms with Crippen molar-refractivity contribution in [2.24, 2.45) is 5.10 Å². The fraction of sp³-hybridized carbons (Fsp3) is 0.357. The lowest BCUT2D eigenvalue weighted by Gasteiger charge is -2.20. The molecule has 0 aromatic heterocycles. The van der Waals surface area contributed by atoms with Gasteiger partial charge in [0.1, 0.15) is 0 Å². The van der Waals surface area contributed by atoms with Gasteiger partial charge >= 0.3 is 0 Å². The minimum atomic E-state index is -0.0592. The minimum absolute atomic E-state index is 0.0592. The molecule has 0 atom stereocenters. The molecule has 0 bridgehead atoms. The van der Waals surface area contributed by atoms with Gasteiger partial charge in [0, 0.05) is 18.8 Å². The van der Waals surface area contributed by atoms with Crippen molar-refractivity contribution >= 4 is 46.1 Å². The largest absolute Gasteiger partial charge is 0.372 e. The number of hydrogen-bond acceptors (Lipinski definition) is 5. The monoisotopic (exact) mass is 307 g/mol. The molecule has 1 aliphatic heterocycles. The highest BCUT2D eigenvalue weighted by Gasteiger charge is 2.25. The van der Waals surface area contributed by atoms with Crippen LogP contribution >= 0.6 is 24.0 Å². The van der Waals surface area contributed by atoms with E-state index >= 15 is 0 Å². The average Bonchev–Trinajstić information content (AvgIpc) is 2.78. The molecule has 20 heavy (non-hydrogen) atoms. The summed E-state index contributed by atoms with van der Waals surface area (Å²) in [6, 6.07) is 8.11. The molecule has 1 fully saturated rings. The predicted octanol–water partition coefficient (Wildman–Crippen LogP) is 2.73. The average molecular weight is 307 g/mol. The quantitative estimate of drug-likeness (QED) is 0.619. The number of anilines is 1. The topological polar surface area (TPSA) is 35.9 Å². The Morgan fingerprint density at radius 2 is 2.00 bits per heavy atom. The van der Waals surface area contributed by atoms with Crippen molar-refractivity contribution in [1.29, 1.82) is 0 Å². The molecule has 2 rings (SSSR count). The standard InChI is InChI=1S/C14H17N3OS2/c1-3-16(4-2)12-7-5-11(6-8-12)9-15-17-13(18)10-20-14(17)19/h5-9H,3-4,10H2,1-2H3/b15-9+. The van der Waals surface area contributed by atoms with E-state index in [1.165, 1.54) is 22.5 Å². The SMILES string of the molecule is CCN(CC)c1ccc(/C=N/N2C(=O)CSC2=S)cc1. The van der Waals surface area contributed by atoms with E-state index in [1.807, 2.05) is 12.1 Å². The van der Waals surface area contributed by atoms with Crippen LogP contribution in [0.5, 0.6) is 0 Å². The zero-order valence-corrected chi connectivity index (χ0v) is 13.2. The van der Waals surface area contributed by atoms with E-state index in [0.29, 0.717) is 10.1 Å². The maximum Gasteiger partial charge on any atom is 0.259 e. The highest BCUT2D eigenvalue weighted by Crippen LogP contribution is 2.19. The summed E-state index contributed by atoms with van der Waals surface area (Å²) >= 11 is 6.42. The van der Waals surface area contributed by atoms with E-state index in [4.69, 9.17) is 12.2 Å². The molecule has 0 N–H and O–H groups in total. The van der Waals surface area contributed by atoms with Crippen molar-refractivity contribution in [1.82, 2.24) is 5.01 Å². The third-order valence-electron chi connectivity index (χ3n) is 3.07. The lowest BCUT2D eigenvalue weighted by molar-refractivity contribution is -0.123. The molecule has 0 radical (unpaired) electrons. The smallest absolute Gasteiger partial charge is 0.259 e. The van der Waals surface area contributed by atoms with Crippen LogP contribution in [0.15, 0.2) is 29.4 Å². The first-order valence-electron chi connectivity index (χ1n) is 6.54. The lowest BCUT2D eigenvalue weighted by atomic mass is 10.2. The van der Waals surface area contributed by atoms with E-state index in [2.05, 4.69) is 36.0 Å². The van der Waals surface area contributed by atoms with Crippen LogP contribution in [0, 0.1) is 0 Å². The molecular weight excluding hydrogens is 290 g/mol. The van der Waals surface area contributed by atoms with Gasteiger partial charge < -0.3 is 4.90 Å². The van der Waals surface area contributed by atoms with Crippen molar-refractivity contribution in [2.75, 3.05) is 23.7 Å². The summed E-state index contributed by atoms with van der Waals surface area (Å²) in [5.74, 6) is 0.327. The van der Waals surface area contributed by atoms with E-state index in [-0.39, 0.29) is 5.91 Å². The Bertz CT molecular complexity index is 508. The first-order chi connectivity index (χ1) is 9.65. The number of rotatable bonds is 5. The second kappa shape index (κ2) is 6.85. The molecule has 0 unspecified atom stereocenters. The Morgan fingerprint density at radius 3 is 2.50 bits per heavy atom. The number of thioether (sulfide) groups is 1. The summed E-state index contributed by atoms with van der Waals surface area (Å²) in [7, 11) is 0. The molecule has 6 heteroatoms. The summed E-state index contributed by atoms with van der Waals surface area (Å²) in [5, 5.41) is 5.44. The third-order valence-corrected chi connectivity index (χ3v) is 4.41. The molecule has 0 aliphatic carbocycles. The number of hydrogen-bond donors (Lipinski definition) is 0. The van der Waals surface area contributed by atoms with Crippen LogP contribution in [-0.4, -0.2) is 40.3 Å². The van der Waals surface area contributed by atoms with Crippen LogP contribution in [0.1, 0.15) is 19.4 Å². The Labute approximate surface area is 128 Å². The van der Waals surface area contributed by atoms with Gasteiger partial charge in [0.05, 0.1) is 12.0 Å². The van der Waals surface area contributed by atoms with E-state index < -0.39 is 0 Å². The summed E-state index contributed by atoms with van der Waals surface area (Å²) in [6.07, 6.45) is 1.67. The van der Waals surface area contributed by atoms with Gasteiger partial charge in [-0.25, -0.2) is 0 Å². The molecule has 106 valence electrons. The summed E-state index contributed by atoms with van der Waals surface area (Å²) in [5.41, 5.74) is 2.14. The first-order valence-corrected chi connectivity index (χ1v) is 7.93. The molecule has 4 nitrogen and oxygen atoms in total. The fourth-order valence-corrected chi connectivity index (χ4v) is 2.91. The first kappa shape index (κ1) is 15.0.